The number of rotatable bonds is 7. The molecule has 25 heavy (non-hydrogen) atoms. The summed E-state index contributed by atoms with van der Waals surface area (Å²) in [5.74, 6) is 0. The third-order valence-electron chi connectivity index (χ3n) is 3.43. The summed E-state index contributed by atoms with van der Waals surface area (Å²) in [5, 5.41) is 20.1. The van der Waals surface area contributed by atoms with Crippen LogP contribution in [0.2, 0.25) is 0 Å². The molecule has 0 aliphatic carbocycles. The Balaban J connectivity index is 2.47. The Morgan fingerprint density at radius 1 is 1.24 bits per heavy atom. The second-order valence-electron chi connectivity index (χ2n) is 5.12. The van der Waals surface area contributed by atoms with Gasteiger partial charge in [-0.25, -0.2) is 8.42 Å². The number of para-hydroxylation sites is 1. The molecule has 0 spiro atoms. The van der Waals surface area contributed by atoms with E-state index in [9.17, 15) is 18.5 Å². The maximum absolute atomic E-state index is 12.9. The van der Waals surface area contributed by atoms with Crippen LogP contribution in [0.5, 0.6) is 0 Å². The fourth-order valence-corrected chi connectivity index (χ4v) is 3.86. The quantitative estimate of drug-likeness (QED) is 0.430. The predicted octanol–water partition coefficient (Wildman–Crippen LogP) is 2.84. The van der Waals surface area contributed by atoms with Crippen molar-refractivity contribution < 1.29 is 13.3 Å². The second-order valence-corrected chi connectivity index (χ2v) is 7.03. The van der Waals surface area contributed by atoms with Crippen molar-refractivity contribution in [1.29, 1.82) is 5.26 Å². The summed E-state index contributed by atoms with van der Waals surface area (Å²) < 4.78 is 26.9. The third-order valence-corrected chi connectivity index (χ3v) is 5.29. The molecule has 0 aliphatic heterocycles. The molecule has 0 atom stereocenters. The van der Waals surface area contributed by atoms with E-state index in [2.05, 4.69) is 6.58 Å². The monoisotopic (exact) mass is 357 g/mol. The number of nitriles is 1. The number of nitro groups is 1. The van der Waals surface area contributed by atoms with Crippen LogP contribution in [0.1, 0.15) is 11.1 Å². The van der Waals surface area contributed by atoms with Crippen LogP contribution in [0.3, 0.4) is 0 Å². The van der Waals surface area contributed by atoms with Crippen molar-refractivity contribution in [2.75, 3.05) is 6.54 Å². The smallest absolute Gasteiger partial charge is 0.258 e. The second kappa shape index (κ2) is 7.70. The van der Waals surface area contributed by atoms with Crippen molar-refractivity contribution >= 4 is 15.7 Å². The molecule has 0 aromatic heterocycles. The van der Waals surface area contributed by atoms with Crippen LogP contribution in [0.15, 0.2) is 66.1 Å². The molecule has 2 aromatic carbocycles. The van der Waals surface area contributed by atoms with Crippen LogP contribution < -0.4 is 0 Å². The van der Waals surface area contributed by atoms with Gasteiger partial charge in [0.25, 0.3) is 5.69 Å². The first-order valence-electron chi connectivity index (χ1n) is 7.23. The maximum atomic E-state index is 12.9. The third kappa shape index (κ3) is 4.09. The van der Waals surface area contributed by atoms with Crippen LogP contribution in [0.25, 0.3) is 0 Å². The maximum Gasteiger partial charge on any atom is 0.289 e. The first kappa shape index (κ1) is 18.3. The van der Waals surface area contributed by atoms with Crippen molar-refractivity contribution in [2.24, 2.45) is 0 Å². The number of sulfonamides is 1. The number of hydrogen-bond donors (Lipinski definition) is 0. The standard InChI is InChI=1S/C17H15N3O4S/c1-2-10-19(13-15-7-5-6-14(11-15)12-18)25(23,24)17-9-4-3-8-16(17)20(21)22/h2-9,11H,1,10,13H2. The molecule has 0 bridgehead atoms. The van der Waals surface area contributed by atoms with Gasteiger partial charge in [0.05, 0.1) is 16.6 Å². The van der Waals surface area contributed by atoms with Gasteiger partial charge >= 0.3 is 0 Å². The molecule has 8 heteroatoms. The molecule has 0 unspecified atom stereocenters. The van der Waals surface area contributed by atoms with Gasteiger partial charge in [-0.05, 0) is 23.8 Å². The minimum atomic E-state index is -4.12. The number of nitrogens with zero attached hydrogens (tertiary/aromatic N) is 3. The van der Waals surface area contributed by atoms with E-state index >= 15 is 0 Å². The lowest BCUT2D eigenvalue weighted by Gasteiger charge is -2.21. The predicted molar refractivity (Wildman–Crippen MR) is 92.0 cm³/mol. The van der Waals surface area contributed by atoms with E-state index in [4.69, 9.17) is 5.26 Å². The highest BCUT2D eigenvalue weighted by atomic mass is 32.2. The molecule has 0 heterocycles. The highest BCUT2D eigenvalue weighted by Gasteiger charge is 2.30. The zero-order valence-corrected chi connectivity index (χ0v) is 14.0. The minimum absolute atomic E-state index is 0.0227. The fourth-order valence-electron chi connectivity index (χ4n) is 2.30. The minimum Gasteiger partial charge on any atom is -0.258 e. The van der Waals surface area contributed by atoms with E-state index < -0.39 is 20.6 Å². The normalized spacial score (nSPS) is 11.0. The van der Waals surface area contributed by atoms with E-state index in [-0.39, 0.29) is 18.0 Å². The molecule has 0 fully saturated rings. The summed E-state index contributed by atoms with van der Waals surface area (Å²) in [6.07, 6.45) is 1.40. The summed E-state index contributed by atoms with van der Waals surface area (Å²) in [5.41, 5.74) is 0.518. The largest absolute Gasteiger partial charge is 0.289 e. The molecule has 128 valence electrons. The lowest BCUT2D eigenvalue weighted by Crippen LogP contribution is -2.31. The molecule has 2 aromatic rings. The summed E-state index contributed by atoms with van der Waals surface area (Å²) in [6, 6.07) is 13.7. The highest BCUT2D eigenvalue weighted by molar-refractivity contribution is 7.89. The molecule has 7 nitrogen and oxygen atoms in total. The average Bonchev–Trinajstić information content (AvgIpc) is 2.61. The molecule has 0 aliphatic rings. The van der Waals surface area contributed by atoms with Gasteiger partial charge in [0.2, 0.25) is 10.0 Å². The zero-order chi connectivity index (χ0) is 18.4. The van der Waals surface area contributed by atoms with E-state index in [1.807, 2.05) is 6.07 Å². The average molecular weight is 357 g/mol. The van der Waals surface area contributed by atoms with Gasteiger partial charge in [0, 0.05) is 19.2 Å². The van der Waals surface area contributed by atoms with Crippen LogP contribution in [0.4, 0.5) is 5.69 Å². The van der Waals surface area contributed by atoms with Crippen LogP contribution >= 0.6 is 0 Å². The van der Waals surface area contributed by atoms with Crippen LogP contribution in [-0.2, 0) is 16.6 Å². The lowest BCUT2D eigenvalue weighted by atomic mass is 10.1. The van der Waals surface area contributed by atoms with Gasteiger partial charge in [-0.1, -0.05) is 30.3 Å². The number of nitro benzene ring substituents is 1. The Kier molecular flexibility index (Phi) is 5.64. The Hall–Kier alpha value is -3.02. The molecule has 0 amide bonds. The molecule has 0 N–H and O–H groups in total. The number of hydrogen-bond acceptors (Lipinski definition) is 5. The van der Waals surface area contributed by atoms with Crippen molar-refractivity contribution in [3.05, 3.63) is 82.4 Å². The topological polar surface area (TPSA) is 104 Å². The van der Waals surface area contributed by atoms with Gasteiger partial charge in [-0.3, -0.25) is 10.1 Å². The summed E-state index contributed by atoms with van der Waals surface area (Å²) in [4.78, 5) is 10.1. The molecule has 2 rings (SSSR count). The molecule has 0 radical (unpaired) electrons. The summed E-state index contributed by atoms with van der Waals surface area (Å²) in [6.45, 7) is 3.49. The Labute approximate surface area is 145 Å². The SMILES string of the molecule is C=CCN(Cc1cccc(C#N)c1)S(=O)(=O)c1ccccc1[N+](=O)[O-]. The Bertz CT molecular complexity index is 948. The van der Waals surface area contributed by atoms with Gasteiger partial charge in [0.1, 0.15) is 0 Å². The van der Waals surface area contributed by atoms with Gasteiger partial charge in [-0.15, -0.1) is 6.58 Å². The first-order valence-corrected chi connectivity index (χ1v) is 8.67. The molecular formula is C17H15N3O4S. The molecule has 0 saturated heterocycles. The van der Waals surface area contributed by atoms with Crippen molar-refractivity contribution in [3.8, 4) is 6.07 Å². The van der Waals surface area contributed by atoms with Crippen LogP contribution in [-0.4, -0.2) is 24.2 Å². The van der Waals surface area contributed by atoms with E-state index in [0.717, 1.165) is 10.4 Å². The molecule has 0 saturated carbocycles. The Morgan fingerprint density at radius 3 is 2.60 bits per heavy atom. The zero-order valence-electron chi connectivity index (χ0n) is 13.2. The Morgan fingerprint density at radius 2 is 1.96 bits per heavy atom. The van der Waals surface area contributed by atoms with Crippen LogP contribution in [0, 0.1) is 21.4 Å². The van der Waals surface area contributed by atoms with Gasteiger partial charge in [0.15, 0.2) is 4.90 Å². The van der Waals surface area contributed by atoms with E-state index in [0.29, 0.717) is 11.1 Å². The van der Waals surface area contributed by atoms with Gasteiger partial charge in [-0.2, -0.15) is 9.57 Å². The number of benzene rings is 2. The summed E-state index contributed by atoms with van der Waals surface area (Å²) in [7, 11) is -4.12. The lowest BCUT2D eigenvalue weighted by molar-refractivity contribution is -0.387. The van der Waals surface area contributed by atoms with Gasteiger partial charge < -0.3 is 0 Å². The van der Waals surface area contributed by atoms with Crippen molar-refractivity contribution in [1.82, 2.24) is 4.31 Å². The summed E-state index contributed by atoms with van der Waals surface area (Å²) >= 11 is 0. The van der Waals surface area contributed by atoms with E-state index in [1.165, 1.54) is 24.3 Å². The first-order chi connectivity index (χ1) is 11.9. The van der Waals surface area contributed by atoms with E-state index in [1.54, 1.807) is 24.3 Å². The highest BCUT2D eigenvalue weighted by Crippen LogP contribution is 2.27. The van der Waals surface area contributed by atoms with Crippen molar-refractivity contribution in [3.63, 3.8) is 0 Å². The van der Waals surface area contributed by atoms with Crippen molar-refractivity contribution in [2.45, 2.75) is 11.4 Å². The molecular weight excluding hydrogens is 342 g/mol. The fraction of sp³-hybridized carbons (Fsp3) is 0.118.